The van der Waals surface area contributed by atoms with Crippen LogP contribution >= 0.6 is 23.5 Å². The summed E-state index contributed by atoms with van der Waals surface area (Å²) in [7, 11) is 0. The van der Waals surface area contributed by atoms with Crippen LogP contribution in [0.2, 0.25) is 0 Å². The molecule has 5 aliphatic heterocycles. The number of rotatable bonds is 39. The van der Waals surface area contributed by atoms with Crippen molar-refractivity contribution in [3.05, 3.63) is 189 Å². The fraction of sp³-hybridized carbons (Fsp3) is 0.460. The van der Waals surface area contributed by atoms with Gasteiger partial charge in [0.25, 0.3) is 11.8 Å². The number of nitrogens with zero attached hydrogens (tertiary/aromatic N) is 2. The van der Waals surface area contributed by atoms with E-state index in [1.165, 1.54) is 93.6 Å². The molecular formula is C100H118N10O27S2. The van der Waals surface area contributed by atoms with Gasteiger partial charge in [0, 0.05) is 133 Å². The van der Waals surface area contributed by atoms with Crippen LogP contribution in [0, 0.1) is 34.5 Å². The molecule has 139 heavy (non-hydrogen) atoms. The summed E-state index contributed by atoms with van der Waals surface area (Å²) in [6.45, 7) is 19.2. The van der Waals surface area contributed by atoms with Crippen molar-refractivity contribution in [3.8, 4) is 22.3 Å². The summed E-state index contributed by atoms with van der Waals surface area (Å²) < 4.78 is 51.9. The van der Waals surface area contributed by atoms with E-state index in [0.717, 1.165) is 62.9 Å². The Kier molecular flexibility index (Phi) is 38.5. The van der Waals surface area contributed by atoms with Gasteiger partial charge in [-0.1, -0.05) is 80.3 Å². The molecule has 6 amide bonds. The lowest BCUT2D eigenvalue weighted by Gasteiger charge is -2.29. The van der Waals surface area contributed by atoms with E-state index < -0.39 is 116 Å². The molecule has 7 fully saturated rings. The lowest BCUT2D eigenvalue weighted by Crippen LogP contribution is -2.37. The topological polar surface area (TPSA) is 538 Å². The maximum Gasteiger partial charge on any atom is 0.511 e. The van der Waals surface area contributed by atoms with Gasteiger partial charge in [-0.3, -0.25) is 59.8 Å². The van der Waals surface area contributed by atoms with Crippen molar-refractivity contribution in [1.29, 1.82) is 10.8 Å². The molecule has 11 N–H and O–H groups in total. The molecule has 0 spiro atoms. The Labute approximate surface area is 812 Å². The third-order valence-electron chi connectivity index (χ3n) is 23.4. The van der Waals surface area contributed by atoms with E-state index in [2.05, 4.69) is 55.0 Å². The fourth-order valence-electron chi connectivity index (χ4n) is 16.0. The zero-order valence-electron chi connectivity index (χ0n) is 78.6. The highest BCUT2D eigenvalue weighted by Gasteiger charge is 2.49. The first-order chi connectivity index (χ1) is 66.5. The number of aliphatic hydroxyl groups excluding tert-OH is 3. The number of amides is 6. The van der Waals surface area contributed by atoms with Gasteiger partial charge >= 0.3 is 48.4 Å². The van der Waals surface area contributed by atoms with Crippen LogP contribution in [0.15, 0.2) is 110 Å². The van der Waals surface area contributed by atoms with E-state index in [9.17, 15) is 77.3 Å². The van der Waals surface area contributed by atoms with Crippen LogP contribution in [0.1, 0.15) is 246 Å². The highest BCUT2D eigenvalue weighted by Crippen LogP contribution is 2.44. The van der Waals surface area contributed by atoms with Gasteiger partial charge in [-0.2, -0.15) is 23.5 Å². The molecular weight excluding hydrogens is 1840 g/mol. The van der Waals surface area contributed by atoms with Gasteiger partial charge in [0.2, 0.25) is 24.4 Å². The smallest absolute Gasteiger partial charge is 0.462 e. The first-order valence-corrected chi connectivity index (χ1v) is 48.3. The molecule has 5 saturated heterocycles. The summed E-state index contributed by atoms with van der Waals surface area (Å²) in [5.74, 6) is -1.32. The second kappa shape index (κ2) is 50.4. The van der Waals surface area contributed by atoms with E-state index in [0.29, 0.717) is 123 Å². The molecule has 7 heterocycles. The van der Waals surface area contributed by atoms with Crippen molar-refractivity contribution in [2.24, 2.45) is 23.7 Å². The standard InChI is InChI=1S/C50H59N5O13S.C39H44N4O11.C11H15NO3S/c1-6-32-20-38(37(21-34(32)24-56)36-17-18-39(47(60)52-23-31-11-12-31)53-45(36)48(61)67-29(5)68-50(63)65-27(2)3)40(57)19-30-13-15-33(16-14-30)46(51)55-49(62)66-28(4)25-64-43(59)10-8-7-9-41-44-35(26-69-41)22-42(58)54-44;1-6-26-16-31(33(46)15-24-9-11-27(12-10-24)35(40)43-38(49)52-22(4)19-44)30(17-28(26)20-45)29-13-14-32(36(47)41-18-25-7-8-25)42-34(29)37(48)53-23(5)54-39(50)51-21(2)3;13-9-4-6-7(12-9)5-16-11(6)8-2-1-3-10(14)15-8/h6,13-18,20-21,27-29,31,35,41,44,56H,1,7-12,19,22-26H2,2-5H3,(H,52,60)(H,54,58)(H2,51,55,62);6,9-14,16-17,21-23,25,44-45H,1,7-8,15,18-20H2,2-5H3,(H,41,47)(H2,40,43,49);6-8,11H,1-5H2,(H,12,13)/t28?,29?,35?,41-,44?;;6?,7?,8?,11-/m1.1/s1. The Balaban J connectivity index is 0.000000233. The molecule has 6 aromatic rings. The van der Waals surface area contributed by atoms with E-state index in [-0.39, 0.29) is 130 Å². The molecule has 2 saturated carbocycles. The van der Waals surface area contributed by atoms with Gasteiger partial charge in [0.1, 0.15) is 48.0 Å². The van der Waals surface area contributed by atoms with E-state index >= 15 is 0 Å². The van der Waals surface area contributed by atoms with Crippen molar-refractivity contribution < 1.29 is 130 Å². The second-order valence-corrected chi connectivity index (χ2v) is 37.7. The van der Waals surface area contributed by atoms with Gasteiger partial charge in [-0.25, -0.2) is 38.7 Å². The molecule has 13 rings (SSSR count). The van der Waals surface area contributed by atoms with Crippen molar-refractivity contribution in [3.63, 3.8) is 0 Å². The van der Waals surface area contributed by atoms with Crippen LogP contribution in [0.5, 0.6) is 0 Å². The molecule has 39 heteroatoms. The zero-order chi connectivity index (χ0) is 100. The summed E-state index contributed by atoms with van der Waals surface area (Å²) >= 11 is 3.73. The van der Waals surface area contributed by atoms with Gasteiger partial charge < -0.3 is 84.0 Å². The number of fused-ring (bicyclic) bond motifs is 2. The number of nitrogens with one attached hydrogen (secondary N) is 8. The largest absolute Gasteiger partial charge is 0.511 e. The summed E-state index contributed by atoms with van der Waals surface area (Å²) in [6, 6.07) is 24.9. The van der Waals surface area contributed by atoms with Crippen LogP contribution in [0.4, 0.5) is 19.2 Å². The highest BCUT2D eigenvalue weighted by molar-refractivity contribution is 8.00. The first-order valence-electron chi connectivity index (χ1n) is 46.2. The van der Waals surface area contributed by atoms with Crippen LogP contribution < -0.4 is 31.9 Å². The molecule has 11 atom stereocenters. The lowest BCUT2D eigenvalue weighted by atomic mass is 9.89. The second-order valence-electron chi connectivity index (χ2n) is 35.3. The van der Waals surface area contributed by atoms with Gasteiger partial charge in [0.15, 0.2) is 23.0 Å². The Morgan fingerprint density at radius 1 is 0.554 bits per heavy atom. The number of amidine groups is 2. The minimum Gasteiger partial charge on any atom is -0.462 e. The molecule has 37 nitrogen and oxygen atoms in total. The average Bonchev–Trinajstić information content (AvgIpc) is 1.77. The van der Waals surface area contributed by atoms with Gasteiger partial charge in [-0.05, 0) is 209 Å². The van der Waals surface area contributed by atoms with Crippen molar-refractivity contribution >= 4 is 131 Å². The Morgan fingerprint density at radius 3 is 1.49 bits per heavy atom. The molecule has 9 unspecified atom stereocenters. The molecule has 4 aromatic carbocycles. The monoisotopic (exact) mass is 1950 g/mol. The number of Topliss-reactive ketones (excluding diaryl/α,β-unsaturated/α-hetero) is 2. The maximum absolute atomic E-state index is 14.3. The normalized spacial score (nSPS) is 19.0. The first kappa shape index (κ1) is 106. The number of cyclic esters (lactones) is 1. The number of carbonyl (C=O) groups is 14. The maximum atomic E-state index is 14.3. The van der Waals surface area contributed by atoms with Gasteiger partial charge in [-0.15, -0.1) is 0 Å². The summed E-state index contributed by atoms with van der Waals surface area (Å²) in [4.78, 5) is 186. The van der Waals surface area contributed by atoms with E-state index in [1.807, 2.05) is 23.5 Å². The van der Waals surface area contributed by atoms with E-state index in [4.69, 9.17) is 63.3 Å². The number of benzene rings is 4. The van der Waals surface area contributed by atoms with E-state index in [1.54, 1.807) is 71.0 Å². The van der Waals surface area contributed by atoms with Gasteiger partial charge in [0.05, 0.1) is 32.0 Å². The number of thioether (sulfide) groups is 2. The number of unbranched alkanes of at least 4 members (excludes halogenated alkanes) is 1. The zero-order valence-corrected chi connectivity index (χ0v) is 80.2. The Bertz CT molecular complexity index is 5590. The SMILES string of the molecule is C=Cc1cc(C(=O)Cc2ccc(C(=N)NC(=O)OC(C)CO)cc2)c(-c2ccc(C(=O)NCC3CC3)nc2C(=O)OC(C)OC(=O)OC(C)C)cc1CO.C=Cc1cc(C(=O)Cc2ccc(C(=N)NC(=O)OC(C)COC(=O)CCCC[C@H]3SCC4CC(=O)NC43)cc2)c(-c2ccc(C(=O)NCC3CC3)nc2C(=O)OC(C)OC(=O)OC(C)C)cc1CO.O=C1CC2C(CS[C@H]2C2CCCC(=O)O2)N1. The number of aromatic nitrogens is 2. The third kappa shape index (κ3) is 30.9. The number of aliphatic hydroxyl groups is 3. The van der Waals surface area contributed by atoms with Crippen LogP contribution in [0.3, 0.4) is 0 Å². The number of hydrogen-bond acceptors (Lipinski definition) is 33. The van der Waals surface area contributed by atoms with Crippen molar-refractivity contribution in [1.82, 2.24) is 41.9 Å². The van der Waals surface area contributed by atoms with Crippen LogP contribution in [-0.2, 0) is 92.6 Å². The quantitative estimate of drug-likeness (QED) is 0.00325. The number of hydrogen-bond donors (Lipinski definition) is 11. The van der Waals surface area contributed by atoms with Crippen LogP contribution in [-0.4, -0.2) is 224 Å². The third-order valence-corrected chi connectivity index (χ3v) is 26.6. The molecule has 0 bridgehead atoms. The van der Waals surface area contributed by atoms with Crippen molar-refractivity contribution in [2.45, 2.75) is 231 Å². The molecule has 742 valence electrons. The Morgan fingerprint density at radius 2 is 1.04 bits per heavy atom. The fourth-order valence-corrected chi connectivity index (χ4v) is 19.3. The van der Waals surface area contributed by atoms with Crippen LogP contribution in [0.25, 0.3) is 34.4 Å². The summed E-state index contributed by atoms with van der Waals surface area (Å²) in [5, 5.41) is 63.3. The number of ketones is 2. The molecule has 2 aromatic heterocycles. The molecule has 2 aliphatic carbocycles. The number of pyridine rings is 2. The summed E-state index contributed by atoms with van der Waals surface area (Å²) in [6.07, 6.45) is 3.51. The number of esters is 4. The highest BCUT2D eigenvalue weighted by atomic mass is 32.2. The number of carbonyl (C=O) groups excluding carboxylic acids is 14. The lowest BCUT2D eigenvalue weighted by molar-refractivity contribution is -0.154. The Hall–Kier alpha value is -13.2. The molecule has 7 aliphatic rings. The predicted molar refractivity (Wildman–Crippen MR) is 510 cm³/mol. The van der Waals surface area contributed by atoms with Crippen molar-refractivity contribution in [2.75, 3.05) is 37.8 Å². The predicted octanol–water partition coefficient (Wildman–Crippen LogP) is 12.3. The minimum absolute atomic E-state index is 0.0361. The average molecular weight is 1960 g/mol. The molecule has 0 radical (unpaired) electrons. The minimum atomic E-state index is -1.44. The number of alkyl carbamates (subject to hydrolysis) is 2. The summed E-state index contributed by atoms with van der Waals surface area (Å²) in [5.41, 5.74) is 3.29. The number of ether oxygens (including phenoxy) is 10.